The molecule has 1 aromatic heterocycles. The Bertz CT molecular complexity index is 1850. The summed E-state index contributed by atoms with van der Waals surface area (Å²) in [6, 6.07) is 15.9. The number of fused-ring (bicyclic) bond motifs is 1. The van der Waals surface area contributed by atoms with E-state index in [2.05, 4.69) is 15.1 Å². The molecule has 0 fully saturated rings. The van der Waals surface area contributed by atoms with Crippen molar-refractivity contribution >= 4 is 27.6 Å². The van der Waals surface area contributed by atoms with Gasteiger partial charge in [-0.1, -0.05) is 19.9 Å². The zero-order valence-corrected chi connectivity index (χ0v) is 25.8. The Kier molecular flexibility index (Phi) is 8.97. The molecule has 0 radical (unpaired) electrons. The lowest BCUT2D eigenvalue weighted by Crippen LogP contribution is -2.24. The lowest BCUT2D eigenvalue weighted by molar-refractivity contribution is -0.119. The van der Waals surface area contributed by atoms with Crippen molar-refractivity contribution in [1.29, 1.82) is 0 Å². The Balaban J connectivity index is 1.54. The minimum atomic E-state index is -4.28. The minimum absolute atomic E-state index is 0.0128. The molecular formula is C31H32N4O9S. The van der Waals surface area contributed by atoms with Gasteiger partial charge in [-0.3, -0.25) is 4.79 Å². The fraction of sp³-hybridized carbons (Fsp3) is 0.258. The zero-order chi connectivity index (χ0) is 32.3. The Hall–Kier alpha value is -5.08. The van der Waals surface area contributed by atoms with Gasteiger partial charge in [0, 0.05) is 23.7 Å². The van der Waals surface area contributed by atoms with Crippen molar-refractivity contribution in [2.75, 3.05) is 19.2 Å². The molecule has 0 aliphatic carbocycles. The molecule has 3 N–H and O–H groups in total. The summed E-state index contributed by atoms with van der Waals surface area (Å²) in [6.07, 6.45) is 0.593. The number of ether oxygens (including phenoxy) is 4. The number of carbonyl (C=O) groups is 2. The molecule has 2 heterocycles. The molecule has 0 saturated heterocycles. The monoisotopic (exact) mass is 636 g/mol. The van der Waals surface area contributed by atoms with E-state index in [1.54, 1.807) is 49.4 Å². The van der Waals surface area contributed by atoms with E-state index >= 15 is 0 Å². The highest BCUT2D eigenvalue weighted by atomic mass is 32.2. The number of methoxy groups -OCH3 is 1. The number of aromatic carboxylic acids is 1. The number of aromatic nitrogens is 2. The maximum Gasteiger partial charge on any atom is 0.356 e. The number of nitrogens with zero attached hydrogens (tertiary/aromatic N) is 2. The van der Waals surface area contributed by atoms with Crippen molar-refractivity contribution in [2.24, 2.45) is 5.92 Å². The summed E-state index contributed by atoms with van der Waals surface area (Å²) in [7, 11) is -2.76. The molecule has 1 aliphatic rings. The molecule has 5 rings (SSSR count). The molecule has 0 spiro atoms. The van der Waals surface area contributed by atoms with E-state index in [0.29, 0.717) is 34.9 Å². The van der Waals surface area contributed by atoms with Crippen molar-refractivity contribution in [2.45, 2.75) is 38.6 Å². The molecule has 0 bridgehead atoms. The van der Waals surface area contributed by atoms with Crippen LogP contribution in [0.2, 0.25) is 0 Å². The third kappa shape index (κ3) is 6.71. The summed E-state index contributed by atoms with van der Waals surface area (Å²) < 4.78 is 53.6. The first-order valence-electron chi connectivity index (χ1n) is 14.0. The van der Waals surface area contributed by atoms with Gasteiger partial charge in [0.05, 0.1) is 12.8 Å². The Morgan fingerprint density at radius 3 is 2.49 bits per heavy atom. The van der Waals surface area contributed by atoms with E-state index < -0.39 is 16.0 Å². The van der Waals surface area contributed by atoms with Crippen LogP contribution in [0.25, 0.3) is 5.69 Å². The van der Waals surface area contributed by atoms with Crippen molar-refractivity contribution in [3.05, 3.63) is 77.5 Å². The molecule has 3 aromatic carbocycles. The Labute approximate surface area is 259 Å². The molecular weight excluding hydrogens is 604 g/mol. The summed E-state index contributed by atoms with van der Waals surface area (Å²) in [4.78, 5) is 24.4. The molecule has 1 amide bonds. The second-order valence-electron chi connectivity index (χ2n) is 10.3. The highest BCUT2D eigenvalue weighted by Gasteiger charge is 2.27. The third-order valence-electron chi connectivity index (χ3n) is 7.26. The van der Waals surface area contributed by atoms with Gasteiger partial charge in [0.2, 0.25) is 28.6 Å². The Morgan fingerprint density at radius 1 is 1.07 bits per heavy atom. The topological polar surface area (TPSA) is 167 Å². The predicted molar refractivity (Wildman–Crippen MR) is 163 cm³/mol. The van der Waals surface area contributed by atoms with Crippen molar-refractivity contribution in [1.82, 2.24) is 14.5 Å². The summed E-state index contributed by atoms with van der Waals surface area (Å²) in [5, 5.41) is 16.8. The molecule has 4 aromatic rings. The molecule has 1 atom stereocenters. The third-order valence-corrected chi connectivity index (χ3v) is 8.68. The number of rotatable bonds is 12. The van der Waals surface area contributed by atoms with Gasteiger partial charge in [0.1, 0.15) is 16.4 Å². The number of carboxylic acid groups (broad SMARTS) is 1. The molecule has 0 saturated carbocycles. The fourth-order valence-corrected chi connectivity index (χ4v) is 5.61. The molecule has 0 unspecified atom stereocenters. The first-order valence-corrected chi connectivity index (χ1v) is 15.5. The smallest absolute Gasteiger partial charge is 0.356 e. The van der Waals surface area contributed by atoms with Crippen molar-refractivity contribution < 1.29 is 42.1 Å². The van der Waals surface area contributed by atoms with Crippen LogP contribution in [-0.2, 0) is 21.4 Å². The number of benzene rings is 3. The molecule has 236 valence electrons. The van der Waals surface area contributed by atoms with Gasteiger partial charge in [-0.15, -0.1) is 0 Å². The SMILES string of the molecule is CC[C@H](C)C(=O)Nc1ccc(Oc2c(C)c(C(=O)O)nn2-c2ccc(OC)cc2)c(S(=O)(=O)NCc2ccc3c(c2)OCO3)c1. The molecule has 45 heavy (non-hydrogen) atoms. The van der Waals surface area contributed by atoms with Crippen LogP contribution in [0, 0.1) is 12.8 Å². The van der Waals surface area contributed by atoms with E-state index in [1.165, 1.54) is 36.9 Å². The predicted octanol–water partition coefficient (Wildman–Crippen LogP) is 4.87. The first-order chi connectivity index (χ1) is 21.5. The average molecular weight is 637 g/mol. The number of amides is 1. The van der Waals surface area contributed by atoms with Gasteiger partial charge in [0.15, 0.2) is 17.2 Å². The maximum atomic E-state index is 13.8. The summed E-state index contributed by atoms with van der Waals surface area (Å²) in [5.41, 5.74) is 1.20. The Morgan fingerprint density at radius 2 is 1.80 bits per heavy atom. The second-order valence-corrected chi connectivity index (χ2v) is 12.0. The van der Waals surface area contributed by atoms with Crippen LogP contribution in [0.1, 0.15) is 41.9 Å². The van der Waals surface area contributed by atoms with E-state index in [1.807, 2.05) is 6.92 Å². The van der Waals surface area contributed by atoms with Crippen LogP contribution in [0.4, 0.5) is 5.69 Å². The van der Waals surface area contributed by atoms with Crippen LogP contribution < -0.4 is 29.0 Å². The van der Waals surface area contributed by atoms with Gasteiger partial charge < -0.3 is 29.4 Å². The van der Waals surface area contributed by atoms with Gasteiger partial charge in [-0.05, 0) is 73.5 Å². The lowest BCUT2D eigenvalue weighted by Gasteiger charge is -2.17. The minimum Gasteiger partial charge on any atom is -0.497 e. The highest BCUT2D eigenvalue weighted by Crippen LogP contribution is 2.36. The summed E-state index contributed by atoms with van der Waals surface area (Å²) in [5.74, 6) is -0.367. The highest BCUT2D eigenvalue weighted by molar-refractivity contribution is 7.89. The largest absolute Gasteiger partial charge is 0.497 e. The van der Waals surface area contributed by atoms with E-state index in [4.69, 9.17) is 18.9 Å². The number of hydrogen-bond donors (Lipinski definition) is 3. The second kappa shape index (κ2) is 12.9. The zero-order valence-electron chi connectivity index (χ0n) is 25.0. The molecule has 14 heteroatoms. The van der Waals surface area contributed by atoms with Crippen LogP contribution in [0.5, 0.6) is 28.9 Å². The van der Waals surface area contributed by atoms with Gasteiger partial charge in [-0.2, -0.15) is 9.78 Å². The van der Waals surface area contributed by atoms with Crippen LogP contribution >= 0.6 is 0 Å². The van der Waals surface area contributed by atoms with Gasteiger partial charge >= 0.3 is 5.97 Å². The number of sulfonamides is 1. The number of hydrogen-bond acceptors (Lipinski definition) is 9. The summed E-state index contributed by atoms with van der Waals surface area (Å²) in [6.45, 7) is 5.14. The van der Waals surface area contributed by atoms with E-state index in [9.17, 15) is 23.1 Å². The quantitative estimate of drug-likeness (QED) is 0.195. The van der Waals surface area contributed by atoms with Gasteiger partial charge in [-0.25, -0.2) is 17.9 Å². The summed E-state index contributed by atoms with van der Waals surface area (Å²) >= 11 is 0. The van der Waals surface area contributed by atoms with Crippen molar-refractivity contribution in [3.63, 3.8) is 0 Å². The maximum absolute atomic E-state index is 13.8. The van der Waals surface area contributed by atoms with Gasteiger partial charge in [0.25, 0.3) is 0 Å². The van der Waals surface area contributed by atoms with Crippen LogP contribution in [0.15, 0.2) is 65.6 Å². The normalized spacial score (nSPS) is 12.9. The number of carbonyl (C=O) groups excluding carboxylic acids is 1. The molecule has 1 aliphatic heterocycles. The average Bonchev–Trinajstić information content (AvgIpc) is 3.64. The van der Waals surface area contributed by atoms with E-state index in [0.717, 1.165) is 0 Å². The lowest BCUT2D eigenvalue weighted by atomic mass is 10.1. The standard InChI is InChI=1S/C31H32N4O9S/c1-5-18(2)29(36)33-21-7-13-25(27(15-21)45(39,40)32-16-20-6-12-24-26(14-20)43-17-42-24)44-30-19(3)28(31(37)38)34-35(30)22-8-10-23(41-4)11-9-22/h6-15,18,32H,5,16-17H2,1-4H3,(H,33,36)(H,37,38)/t18-/m0/s1. The number of nitrogens with one attached hydrogen (secondary N) is 2. The van der Waals surface area contributed by atoms with Crippen LogP contribution in [-0.4, -0.2) is 49.1 Å². The van der Waals surface area contributed by atoms with Crippen LogP contribution in [0.3, 0.4) is 0 Å². The fourth-order valence-electron chi connectivity index (χ4n) is 4.44. The van der Waals surface area contributed by atoms with E-state index in [-0.39, 0.29) is 58.6 Å². The first kappa shape index (κ1) is 31.3. The molecule has 13 nitrogen and oxygen atoms in total. The number of anilines is 1. The number of carboxylic acids is 1. The van der Waals surface area contributed by atoms with Crippen molar-refractivity contribution in [3.8, 4) is 34.6 Å².